The number of carbonyl (C=O) groups is 1. The topological polar surface area (TPSA) is 82.0 Å². The summed E-state index contributed by atoms with van der Waals surface area (Å²) in [6, 6.07) is 17.4. The van der Waals surface area contributed by atoms with Crippen LogP contribution in [0.5, 0.6) is 0 Å². The summed E-state index contributed by atoms with van der Waals surface area (Å²) in [5, 5.41) is 7.88. The second kappa shape index (κ2) is 7.33. The number of rotatable bonds is 5. The second-order valence-corrected chi connectivity index (χ2v) is 8.07. The van der Waals surface area contributed by atoms with Crippen LogP contribution in [0.25, 0.3) is 11.5 Å². The zero-order chi connectivity index (χ0) is 18.7. The van der Waals surface area contributed by atoms with Crippen LogP contribution in [-0.4, -0.2) is 16.1 Å². The van der Waals surface area contributed by atoms with E-state index in [9.17, 15) is 4.79 Å². The molecule has 6 heteroatoms. The molecule has 1 amide bonds. The number of benzene rings is 2. The van der Waals surface area contributed by atoms with Gasteiger partial charge in [0.2, 0.25) is 11.8 Å². The predicted molar refractivity (Wildman–Crippen MR) is 103 cm³/mol. The van der Waals surface area contributed by atoms with Gasteiger partial charge in [-0.15, -0.1) is 10.2 Å². The highest BCUT2D eigenvalue weighted by Gasteiger charge is 2.23. The first kappa shape index (κ1) is 18.2. The maximum atomic E-state index is 11.8. The molecule has 0 spiro atoms. The maximum absolute atomic E-state index is 11.8. The lowest BCUT2D eigenvalue weighted by Gasteiger charge is -2.18. The van der Waals surface area contributed by atoms with Crippen molar-refractivity contribution in [3.05, 3.63) is 65.7 Å². The van der Waals surface area contributed by atoms with E-state index in [1.165, 1.54) is 5.56 Å². The van der Waals surface area contributed by atoms with E-state index in [2.05, 4.69) is 43.1 Å². The van der Waals surface area contributed by atoms with Crippen molar-refractivity contribution in [2.24, 2.45) is 5.73 Å². The quantitative estimate of drug-likeness (QED) is 0.678. The lowest BCUT2D eigenvalue weighted by Crippen LogP contribution is -2.18. The Labute approximate surface area is 157 Å². The number of primary amides is 1. The molecule has 0 aliphatic carbocycles. The standard InChI is InChI=1S/C20H21N3O2S/c1-20(2,3)15-11-9-14(10-12-15)18-22-23-19(25-18)26-16(17(21)24)13-7-5-4-6-8-13/h4-12,16H,1-3H3,(H2,21,24)/t16-/m0/s1. The number of thioether (sulfide) groups is 1. The number of nitrogens with two attached hydrogens (primary N) is 1. The molecule has 0 radical (unpaired) electrons. The Kier molecular flexibility index (Phi) is 5.13. The van der Waals surface area contributed by atoms with E-state index in [0.717, 1.165) is 22.9 Å². The summed E-state index contributed by atoms with van der Waals surface area (Å²) >= 11 is 1.16. The van der Waals surface area contributed by atoms with E-state index in [0.29, 0.717) is 11.1 Å². The molecule has 1 aromatic heterocycles. The van der Waals surface area contributed by atoms with Gasteiger partial charge < -0.3 is 10.2 Å². The fourth-order valence-corrected chi connectivity index (χ4v) is 3.33. The predicted octanol–water partition coefficient (Wildman–Crippen LogP) is 4.35. The summed E-state index contributed by atoms with van der Waals surface area (Å²) in [4.78, 5) is 11.8. The molecule has 0 unspecified atom stereocenters. The van der Waals surface area contributed by atoms with Crippen molar-refractivity contribution < 1.29 is 9.21 Å². The minimum atomic E-state index is -0.576. The third-order valence-corrected chi connectivity index (χ3v) is 5.09. The Morgan fingerprint density at radius 1 is 1.04 bits per heavy atom. The van der Waals surface area contributed by atoms with Gasteiger partial charge in [0.15, 0.2) is 0 Å². The van der Waals surface area contributed by atoms with E-state index >= 15 is 0 Å². The second-order valence-electron chi connectivity index (χ2n) is 7.01. The normalized spacial score (nSPS) is 12.7. The van der Waals surface area contributed by atoms with Crippen LogP contribution in [0.4, 0.5) is 0 Å². The zero-order valence-corrected chi connectivity index (χ0v) is 15.8. The van der Waals surface area contributed by atoms with Crippen molar-refractivity contribution in [1.29, 1.82) is 0 Å². The molecule has 0 aliphatic heterocycles. The third-order valence-electron chi connectivity index (χ3n) is 3.98. The van der Waals surface area contributed by atoms with Gasteiger partial charge in [-0.1, -0.05) is 63.2 Å². The molecule has 0 saturated carbocycles. The van der Waals surface area contributed by atoms with Gasteiger partial charge in [0.25, 0.3) is 5.22 Å². The minimum absolute atomic E-state index is 0.0821. The van der Waals surface area contributed by atoms with E-state index in [-0.39, 0.29) is 5.41 Å². The van der Waals surface area contributed by atoms with Crippen molar-refractivity contribution in [2.45, 2.75) is 36.7 Å². The molecule has 5 nitrogen and oxygen atoms in total. The fourth-order valence-electron chi connectivity index (χ4n) is 2.51. The van der Waals surface area contributed by atoms with Crippen molar-refractivity contribution in [2.75, 3.05) is 0 Å². The molecule has 26 heavy (non-hydrogen) atoms. The van der Waals surface area contributed by atoms with Crippen LogP contribution in [0.15, 0.2) is 64.2 Å². The Balaban J connectivity index is 1.80. The molecule has 0 aliphatic rings. The SMILES string of the molecule is CC(C)(C)c1ccc(-c2nnc(S[C@H](C(N)=O)c3ccccc3)o2)cc1. The number of aromatic nitrogens is 2. The lowest BCUT2D eigenvalue weighted by molar-refractivity contribution is -0.117. The van der Waals surface area contributed by atoms with E-state index in [4.69, 9.17) is 10.2 Å². The summed E-state index contributed by atoms with van der Waals surface area (Å²) < 4.78 is 5.73. The molecule has 2 N–H and O–H groups in total. The van der Waals surface area contributed by atoms with Crippen LogP contribution in [-0.2, 0) is 10.2 Å². The van der Waals surface area contributed by atoms with Crippen LogP contribution in [0.1, 0.15) is 37.1 Å². The van der Waals surface area contributed by atoms with Gasteiger partial charge in [0.1, 0.15) is 5.25 Å². The van der Waals surface area contributed by atoms with Gasteiger partial charge in [-0.05, 0) is 40.4 Å². The van der Waals surface area contributed by atoms with Gasteiger partial charge in [-0.25, -0.2) is 0 Å². The van der Waals surface area contributed by atoms with Crippen LogP contribution < -0.4 is 5.73 Å². The van der Waals surface area contributed by atoms with Crippen molar-refractivity contribution >= 4 is 17.7 Å². The average Bonchev–Trinajstić information content (AvgIpc) is 3.08. The van der Waals surface area contributed by atoms with Crippen molar-refractivity contribution in [3.8, 4) is 11.5 Å². The van der Waals surface area contributed by atoms with Gasteiger partial charge in [-0.3, -0.25) is 4.79 Å². The minimum Gasteiger partial charge on any atom is -0.411 e. The molecule has 3 aromatic rings. The van der Waals surface area contributed by atoms with Gasteiger partial charge in [0.05, 0.1) is 0 Å². The number of carbonyl (C=O) groups excluding carboxylic acids is 1. The Hall–Kier alpha value is -2.60. The van der Waals surface area contributed by atoms with Crippen molar-refractivity contribution in [3.63, 3.8) is 0 Å². The number of nitrogens with zero attached hydrogens (tertiary/aromatic N) is 2. The molecule has 1 heterocycles. The summed E-state index contributed by atoms with van der Waals surface area (Å²) in [6.45, 7) is 6.49. The fraction of sp³-hybridized carbons (Fsp3) is 0.250. The Morgan fingerprint density at radius 3 is 2.27 bits per heavy atom. The molecule has 0 bridgehead atoms. The number of hydrogen-bond donors (Lipinski definition) is 1. The number of hydrogen-bond acceptors (Lipinski definition) is 5. The smallest absolute Gasteiger partial charge is 0.277 e. The molecule has 134 valence electrons. The van der Waals surface area contributed by atoms with Gasteiger partial charge >= 0.3 is 0 Å². The van der Waals surface area contributed by atoms with E-state index < -0.39 is 11.2 Å². The van der Waals surface area contributed by atoms with Gasteiger partial charge in [-0.2, -0.15) is 0 Å². The molecular weight excluding hydrogens is 346 g/mol. The monoisotopic (exact) mass is 367 g/mol. The summed E-state index contributed by atoms with van der Waals surface area (Å²) in [7, 11) is 0. The summed E-state index contributed by atoms with van der Waals surface area (Å²) in [5.41, 5.74) is 8.50. The first-order chi connectivity index (χ1) is 12.3. The Bertz CT molecular complexity index is 883. The van der Waals surface area contributed by atoms with Crippen LogP contribution in [0.3, 0.4) is 0 Å². The van der Waals surface area contributed by atoms with E-state index in [1.54, 1.807) is 0 Å². The molecule has 3 rings (SSSR count). The molecular formula is C20H21N3O2S. The van der Waals surface area contributed by atoms with Crippen LogP contribution in [0, 0.1) is 0 Å². The number of amides is 1. The molecule has 1 atom stereocenters. The first-order valence-corrected chi connectivity index (χ1v) is 9.18. The largest absolute Gasteiger partial charge is 0.411 e. The molecule has 0 saturated heterocycles. The molecule has 0 fully saturated rings. The highest BCUT2D eigenvalue weighted by atomic mass is 32.2. The highest BCUT2D eigenvalue weighted by molar-refractivity contribution is 8.00. The first-order valence-electron chi connectivity index (χ1n) is 8.30. The van der Waals surface area contributed by atoms with Crippen molar-refractivity contribution in [1.82, 2.24) is 10.2 Å². The van der Waals surface area contributed by atoms with Crippen LogP contribution in [0.2, 0.25) is 0 Å². The summed E-state index contributed by atoms with van der Waals surface area (Å²) in [5.74, 6) is -0.0280. The van der Waals surface area contributed by atoms with E-state index in [1.807, 2.05) is 42.5 Å². The summed E-state index contributed by atoms with van der Waals surface area (Å²) in [6.07, 6.45) is 0. The highest BCUT2D eigenvalue weighted by Crippen LogP contribution is 2.35. The zero-order valence-electron chi connectivity index (χ0n) is 15.0. The Morgan fingerprint density at radius 2 is 1.69 bits per heavy atom. The van der Waals surface area contributed by atoms with Crippen LogP contribution >= 0.6 is 11.8 Å². The maximum Gasteiger partial charge on any atom is 0.277 e. The third kappa shape index (κ3) is 4.14. The molecule has 2 aromatic carbocycles. The lowest BCUT2D eigenvalue weighted by atomic mass is 9.87. The average molecular weight is 367 g/mol. The van der Waals surface area contributed by atoms with Gasteiger partial charge in [0, 0.05) is 5.56 Å².